The second-order valence-electron chi connectivity index (χ2n) is 7.63. The first-order valence-corrected chi connectivity index (χ1v) is 8.80. The SMILES string of the molecule is CSCCC(N)C(=O)OCCC(C(C)(C)C)C(C)(C)C. The van der Waals surface area contributed by atoms with Crippen LogP contribution in [0.2, 0.25) is 0 Å². The standard InChI is InChI=1S/C16H33NO2S/c1-15(2,3)13(16(4,5)6)8-10-19-14(18)12(17)9-11-20-7/h12-13H,8-11,17H2,1-7H3. The van der Waals surface area contributed by atoms with Crippen molar-refractivity contribution < 1.29 is 9.53 Å². The van der Waals surface area contributed by atoms with E-state index in [0.29, 0.717) is 18.9 Å². The summed E-state index contributed by atoms with van der Waals surface area (Å²) < 4.78 is 5.35. The molecule has 3 nitrogen and oxygen atoms in total. The highest BCUT2D eigenvalue weighted by Gasteiger charge is 2.34. The van der Waals surface area contributed by atoms with Gasteiger partial charge < -0.3 is 10.5 Å². The molecule has 0 aromatic heterocycles. The Labute approximate surface area is 129 Å². The zero-order valence-corrected chi connectivity index (χ0v) is 15.1. The molecule has 1 atom stereocenters. The summed E-state index contributed by atoms with van der Waals surface area (Å²) in [6.45, 7) is 13.9. The van der Waals surface area contributed by atoms with Gasteiger partial charge in [0.25, 0.3) is 0 Å². The van der Waals surface area contributed by atoms with Crippen LogP contribution in [0.15, 0.2) is 0 Å². The summed E-state index contributed by atoms with van der Waals surface area (Å²) in [4.78, 5) is 11.8. The quantitative estimate of drug-likeness (QED) is 0.728. The molecular weight excluding hydrogens is 270 g/mol. The lowest BCUT2D eigenvalue weighted by atomic mass is 9.65. The second-order valence-corrected chi connectivity index (χ2v) is 8.61. The minimum Gasteiger partial charge on any atom is -0.465 e. The summed E-state index contributed by atoms with van der Waals surface area (Å²) in [6, 6.07) is -0.481. The second kappa shape index (κ2) is 8.28. The van der Waals surface area contributed by atoms with Gasteiger partial charge in [0.1, 0.15) is 6.04 Å². The summed E-state index contributed by atoms with van der Waals surface area (Å²) in [6.07, 6.45) is 3.57. The van der Waals surface area contributed by atoms with E-state index in [1.54, 1.807) is 11.8 Å². The van der Waals surface area contributed by atoms with E-state index in [4.69, 9.17) is 10.5 Å². The fourth-order valence-electron chi connectivity index (χ4n) is 2.91. The molecule has 0 heterocycles. The van der Waals surface area contributed by atoms with Crippen LogP contribution in [0.4, 0.5) is 0 Å². The first-order chi connectivity index (χ1) is 9.00. The number of hydrogen-bond donors (Lipinski definition) is 1. The van der Waals surface area contributed by atoms with Crippen molar-refractivity contribution in [2.75, 3.05) is 18.6 Å². The van der Waals surface area contributed by atoms with Crippen LogP contribution < -0.4 is 5.73 Å². The lowest BCUT2D eigenvalue weighted by molar-refractivity contribution is -0.146. The fourth-order valence-corrected chi connectivity index (χ4v) is 3.40. The summed E-state index contributed by atoms with van der Waals surface area (Å²) in [5.41, 5.74) is 6.20. The van der Waals surface area contributed by atoms with Crippen LogP contribution in [-0.4, -0.2) is 30.6 Å². The molecule has 0 radical (unpaired) electrons. The Morgan fingerprint density at radius 3 is 2.00 bits per heavy atom. The maximum absolute atomic E-state index is 11.8. The molecular formula is C16H33NO2S. The number of carbonyl (C=O) groups excluding carboxylic acids is 1. The topological polar surface area (TPSA) is 52.3 Å². The van der Waals surface area contributed by atoms with E-state index >= 15 is 0 Å². The Morgan fingerprint density at radius 2 is 1.60 bits per heavy atom. The van der Waals surface area contributed by atoms with Crippen LogP contribution in [0.3, 0.4) is 0 Å². The van der Waals surface area contributed by atoms with E-state index in [1.807, 2.05) is 6.26 Å². The number of esters is 1. The van der Waals surface area contributed by atoms with Crippen molar-refractivity contribution in [3.05, 3.63) is 0 Å². The fraction of sp³-hybridized carbons (Fsp3) is 0.938. The van der Waals surface area contributed by atoms with E-state index in [1.165, 1.54) is 0 Å². The van der Waals surface area contributed by atoms with Gasteiger partial charge in [-0.15, -0.1) is 0 Å². The van der Waals surface area contributed by atoms with Gasteiger partial charge in [0.15, 0.2) is 0 Å². The van der Waals surface area contributed by atoms with E-state index < -0.39 is 6.04 Å². The van der Waals surface area contributed by atoms with Crippen molar-refractivity contribution in [2.24, 2.45) is 22.5 Å². The molecule has 120 valence electrons. The molecule has 0 rings (SSSR count). The van der Waals surface area contributed by atoms with Crippen LogP contribution in [0.25, 0.3) is 0 Å². The molecule has 0 aliphatic rings. The van der Waals surface area contributed by atoms with Crippen molar-refractivity contribution in [3.8, 4) is 0 Å². The van der Waals surface area contributed by atoms with Crippen LogP contribution in [-0.2, 0) is 9.53 Å². The average Bonchev–Trinajstić information content (AvgIpc) is 2.27. The van der Waals surface area contributed by atoms with Gasteiger partial charge in [0, 0.05) is 0 Å². The van der Waals surface area contributed by atoms with Crippen LogP contribution in [0, 0.1) is 16.7 Å². The van der Waals surface area contributed by atoms with Crippen molar-refractivity contribution in [2.45, 2.75) is 60.4 Å². The van der Waals surface area contributed by atoms with Crippen LogP contribution >= 0.6 is 11.8 Å². The zero-order chi connectivity index (χ0) is 16.0. The molecule has 20 heavy (non-hydrogen) atoms. The third-order valence-electron chi connectivity index (χ3n) is 3.68. The van der Waals surface area contributed by atoms with Gasteiger partial charge in [-0.05, 0) is 41.6 Å². The predicted molar refractivity (Wildman–Crippen MR) is 89.0 cm³/mol. The highest BCUT2D eigenvalue weighted by Crippen LogP contribution is 2.41. The molecule has 4 heteroatoms. The Kier molecular flexibility index (Phi) is 8.19. The van der Waals surface area contributed by atoms with E-state index in [9.17, 15) is 4.79 Å². The molecule has 0 saturated heterocycles. The first-order valence-electron chi connectivity index (χ1n) is 7.41. The maximum atomic E-state index is 11.8. The van der Waals surface area contributed by atoms with Gasteiger partial charge in [-0.2, -0.15) is 11.8 Å². The molecule has 0 aliphatic heterocycles. The van der Waals surface area contributed by atoms with Gasteiger partial charge in [-0.1, -0.05) is 41.5 Å². The highest BCUT2D eigenvalue weighted by molar-refractivity contribution is 7.98. The van der Waals surface area contributed by atoms with Crippen molar-refractivity contribution >= 4 is 17.7 Å². The van der Waals surface area contributed by atoms with Crippen molar-refractivity contribution in [1.29, 1.82) is 0 Å². The molecule has 0 spiro atoms. The summed E-state index contributed by atoms with van der Waals surface area (Å²) >= 11 is 1.70. The predicted octanol–water partition coefficient (Wildman–Crippen LogP) is 3.71. The third kappa shape index (κ3) is 7.53. The molecule has 0 aromatic rings. The van der Waals surface area contributed by atoms with E-state index in [0.717, 1.165) is 12.2 Å². The summed E-state index contributed by atoms with van der Waals surface area (Å²) in [7, 11) is 0. The van der Waals surface area contributed by atoms with E-state index in [2.05, 4.69) is 41.5 Å². The molecule has 0 fully saturated rings. The monoisotopic (exact) mass is 303 g/mol. The molecule has 1 unspecified atom stereocenters. The molecule has 0 aromatic carbocycles. The van der Waals surface area contributed by atoms with Gasteiger partial charge in [0.2, 0.25) is 0 Å². The number of ether oxygens (including phenoxy) is 1. The Hall–Kier alpha value is -0.220. The largest absolute Gasteiger partial charge is 0.465 e. The minimum absolute atomic E-state index is 0.200. The maximum Gasteiger partial charge on any atom is 0.322 e. The number of rotatable bonds is 7. The number of carbonyl (C=O) groups is 1. The Balaban J connectivity index is 4.29. The molecule has 0 aliphatic carbocycles. The van der Waals surface area contributed by atoms with Crippen molar-refractivity contribution in [3.63, 3.8) is 0 Å². The van der Waals surface area contributed by atoms with Gasteiger partial charge >= 0.3 is 5.97 Å². The smallest absolute Gasteiger partial charge is 0.322 e. The van der Waals surface area contributed by atoms with Gasteiger partial charge in [-0.3, -0.25) is 4.79 Å². The van der Waals surface area contributed by atoms with Crippen LogP contribution in [0.5, 0.6) is 0 Å². The summed E-state index contributed by atoms with van der Waals surface area (Å²) in [5, 5.41) is 0. The number of nitrogens with two attached hydrogens (primary N) is 1. The van der Waals surface area contributed by atoms with E-state index in [-0.39, 0.29) is 16.8 Å². The first kappa shape index (κ1) is 19.8. The zero-order valence-electron chi connectivity index (χ0n) is 14.3. The number of hydrogen-bond acceptors (Lipinski definition) is 4. The average molecular weight is 304 g/mol. The lowest BCUT2D eigenvalue weighted by Gasteiger charge is -2.40. The van der Waals surface area contributed by atoms with Crippen molar-refractivity contribution in [1.82, 2.24) is 0 Å². The lowest BCUT2D eigenvalue weighted by Crippen LogP contribution is -2.36. The number of thioether (sulfide) groups is 1. The molecule has 2 N–H and O–H groups in total. The summed E-state index contributed by atoms with van der Waals surface area (Å²) in [5.74, 6) is 1.12. The third-order valence-corrected chi connectivity index (χ3v) is 4.32. The van der Waals surface area contributed by atoms with Crippen LogP contribution in [0.1, 0.15) is 54.4 Å². The molecule has 0 saturated carbocycles. The van der Waals surface area contributed by atoms with Gasteiger partial charge in [0.05, 0.1) is 6.61 Å². The molecule has 0 amide bonds. The minimum atomic E-state index is -0.481. The Bertz CT molecular complexity index is 278. The Morgan fingerprint density at radius 1 is 1.10 bits per heavy atom. The molecule has 0 bridgehead atoms. The van der Waals surface area contributed by atoms with Gasteiger partial charge in [-0.25, -0.2) is 0 Å². The normalized spacial score (nSPS) is 14.4. The highest BCUT2D eigenvalue weighted by atomic mass is 32.2.